The smallest absolute Gasteiger partial charge is 0.243 e. The molecule has 1 aromatic carbocycles. The lowest BCUT2D eigenvalue weighted by Gasteiger charge is -2.35. The van der Waals surface area contributed by atoms with Gasteiger partial charge in [-0.05, 0) is 44.4 Å². The number of hydrogen-bond acceptors (Lipinski definition) is 4. The number of aryl methyl sites for hydroxylation is 1. The highest BCUT2D eigenvalue weighted by Crippen LogP contribution is 2.27. The van der Waals surface area contributed by atoms with E-state index < -0.39 is 20.7 Å². The van der Waals surface area contributed by atoms with E-state index in [2.05, 4.69) is 4.72 Å². The van der Waals surface area contributed by atoms with Crippen LogP contribution in [0.25, 0.3) is 0 Å². The van der Waals surface area contributed by atoms with E-state index in [0.29, 0.717) is 19.4 Å². The van der Waals surface area contributed by atoms with Crippen LogP contribution in [0.5, 0.6) is 0 Å². The highest BCUT2D eigenvalue weighted by molar-refractivity contribution is 7.89. The van der Waals surface area contributed by atoms with Gasteiger partial charge in [0.25, 0.3) is 0 Å². The lowest BCUT2D eigenvalue weighted by molar-refractivity contribution is -0.00476. The molecule has 2 rings (SSSR count). The zero-order chi connectivity index (χ0) is 14.9. The largest absolute Gasteiger partial charge is 0.399 e. The van der Waals surface area contributed by atoms with E-state index >= 15 is 0 Å². The molecule has 3 N–H and O–H groups in total. The molecular weight excluding hydrogens is 283 g/mol. The maximum Gasteiger partial charge on any atom is 0.243 e. The Bertz CT molecular complexity index is 598. The molecule has 0 aromatic heterocycles. The normalized spacial score (nSPS) is 22.6. The lowest BCUT2D eigenvalue weighted by atomic mass is 9.90. The predicted molar refractivity (Wildman–Crippen MR) is 74.3 cm³/mol. The zero-order valence-electron chi connectivity index (χ0n) is 11.5. The summed E-state index contributed by atoms with van der Waals surface area (Å²) in [5.74, 6) is -0.757. The third kappa shape index (κ3) is 3.11. The van der Waals surface area contributed by atoms with E-state index in [0.717, 1.165) is 6.07 Å². The summed E-state index contributed by atoms with van der Waals surface area (Å²) in [6.07, 6.45) is 1.30. The predicted octanol–water partition coefficient (Wildman–Crippen LogP) is 1.56. The molecular formula is C13H19FN2O3S. The Kier molecular flexibility index (Phi) is 4.31. The third-order valence-corrected chi connectivity index (χ3v) is 4.87. The summed E-state index contributed by atoms with van der Waals surface area (Å²) in [5, 5.41) is 0. The number of hydrogen-bond donors (Lipinski definition) is 2. The molecule has 0 atom stereocenters. The maximum atomic E-state index is 13.9. The van der Waals surface area contributed by atoms with Crippen LogP contribution in [0.4, 0.5) is 10.1 Å². The first kappa shape index (κ1) is 15.2. The molecule has 1 aliphatic carbocycles. The summed E-state index contributed by atoms with van der Waals surface area (Å²) in [4.78, 5) is -0.394. The zero-order valence-corrected chi connectivity index (χ0v) is 12.3. The van der Waals surface area contributed by atoms with Gasteiger partial charge in [-0.2, -0.15) is 0 Å². The van der Waals surface area contributed by atoms with Crippen LogP contribution in [-0.2, 0) is 14.8 Å². The van der Waals surface area contributed by atoms with E-state index in [1.54, 1.807) is 0 Å². The van der Waals surface area contributed by atoms with Crippen LogP contribution in [0.1, 0.15) is 25.3 Å². The summed E-state index contributed by atoms with van der Waals surface area (Å²) >= 11 is 0. The molecule has 0 radical (unpaired) electrons. The summed E-state index contributed by atoms with van der Waals surface area (Å²) < 4.78 is 46.2. The fourth-order valence-electron chi connectivity index (χ4n) is 2.28. The third-order valence-electron chi connectivity index (χ3n) is 3.35. The molecule has 0 amide bonds. The van der Waals surface area contributed by atoms with Gasteiger partial charge in [0.1, 0.15) is 10.7 Å². The molecule has 0 saturated heterocycles. The van der Waals surface area contributed by atoms with Gasteiger partial charge in [0.05, 0.1) is 6.10 Å². The van der Waals surface area contributed by atoms with Gasteiger partial charge in [-0.1, -0.05) is 0 Å². The average Bonchev–Trinajstić information content (AvgIpc) is 2.31. The number of benzene rings is 1. The van der Waals surface area contributed by atoms with Crippen molar-refractivity contribution in [2.24, 2.45) is 0 Å². The van der Waals surface area contributed by atoms with Gasteiger partial charge in [-0.25, -0.2) is 17.5 Å². The molecule has 1 aliphatic rings. The van der Waals surface area contributed by atoms with Crippen molar-refractivity contribution in [2.75, 3.05) is 12.3 Å². The van der Waals surface area contributed by atoms with Gasteiger partial charge < -0.3 is 10.5 Å². The van der Waals surface area contributed by atoms with Crippen LogP contribution >= 0.6 is 0 Å². The molecule has 5 nitrogen and oxygen atoms in total. The number of nitrogen functional groups attached to an aromatic ring is 1. The van der Waals surface area contributed by atoms with Gasteiger partial charge in [0, 0.05) is 18.3 Å². The molecule has 1 aromatic rings. The summed E-state index contributed by atoms with van der Waals surface area (Å²) in [6, 6.07) is 2.34. The minimum Gasteiger partial charge on any atom is -0.399 e. The number of nitrogens with one attached hydrogen (secondary N) is 1. The van der Waals surface area contributed by atoms with E-state index in [-0.39, 0.29) is 23.4 Å². The standard InChI is InChI=1S/C13H19FN2O3S/c1-3-19-11-6-10(7-11)16-20(17,18)12-5-9(15)4-8(2)13(12)14/h4-5,10-11,16H,3,6-7,15H2,1-2H3. The number of sulfonamides is 1. The molecule has 112 valence electrons. The van der Waals surface area contributed by atoms with Crippen LogP contribution < -0.4 is 10.5 Å². The fourth-order valence-corrected chi connectivity index (χ4v) is 3.72. The second-order valence-corrected chi connectivity index (χ2v) is 6.70. The van der Waals surface area contributed by atoms with Crippen LogP contribution in [0, 0.1) is 12.7 Å². The first-order chi connectivity index (χ1) is 9.33. The molecule has 7 heteroatoms. The van der Waals surface area contributed by atoms with Gasteiger partial charge in [-0.3, -0.25) is 0 Å². The van der Waals surface area contributed by atoms with Crippen LogP contribution in [0.3, 0.4) is 0 Å². The van der Waals surface area contributed by atoms with Crippen molar-refractivity contribution in [3.63, 3.8) is 0 Å². The van der Waals surface area contributed by atoms with Crippen molar-refractivity contribution in [1.82, 2.24) is 4.72 Å². The topological polar surface area (TPSA) is 81.4 Å². The van der Waals surface area contributed by atoms with E-state index in [4.69, 9.17) is 10.5 Å². The second kappa shape index (κ2) is 5.67. The van der Waals surface area contributed by atoms with Gasteiger partial charge >= 0.3 is 0 Å². The van der Waals surface area contributed by atoms with Crippen molar-refractivity contribution in [2.45, 2.75) is 43.7 Å². The minimum atomic E-state index is -3.89. The quantitative estimate of drug-likeness (QED) is 0.809. The van der Waals surface area contributed by atoms with Crippen molar-refractivity contribution < 1.29 is 17.5 Å². The van der Waals surface area contributed by atoms with Crippen LogP contribution in [0.15, 0.2) is 17.0 Å². The maximum absolute atomic E-state index is 13.9. The molecule has 0 aliphatic heterocycles. The monoisotopic (exact) mass is 302 g/mol. The van der Waals surface area contributed by atoms with Gasteiger partial charge in [0.2, 0.25) is 10.0 Å². The van der Waals surface area contributed by atoms with Crippen molar-refractivity contribution in [1.29, 1.82) is 0 Å². The Morgan fingerprint density at radius 3 is 2.70 bits per heavy atom. The van der Waals surface area contributed by atoms with Gasteiger partial charge in [0.15, 0.2) is 0 Å². The van der Waals surface area contributed by atoms with Crippen molar-refractivity contribution in [3.05, 3.63) is 23.5 Å². The van der Waals surface area contributed by atoms with E-state index in [1.807, 2.05) is 6.92 Å². The Hall–Kier alpha value is -1.18. The number of rotatable bonds is 5. The first-order valence-corrected chi connectivity index (χ1v) is 8.01. The number of anilines is 1. The molecule has 1 fully saturated rings. The number of ether oxygens (including phenoxy) is 1. The highest BCUT2D eigenvalue weighted by atomic mass is 32.2. The summed E-state index contributed by atoms with van der Waals surface area (Å²) in [6.45, 7) is 3.98. The molecule has 0 spiro atoms. The van der Waals surface area contributed by atoms with Crippen molar-refractivity contribution >= 4 is 15.7 Å². The summed E-state index contributed by atoms with van der Waals surface area (Å²) in [5.41, 5.74) is 6.03. The number of halogens is 1. The molecule has 1 saturated carbocycles. The second-order valence-electron chi connectivity index (χ2n) is 5.02. The highest BCUT2D eigenvalue weighted by Gasteiger charge is 2.34. The van der Waals surface area contributed by atoms with Gasteiger partial charge in [-0.15, -0.1) is 0 Å². The molecule has 20 heavy (non-hydrogen) atoms. The Balaban J connectivity index is 2.12. The Labute approximate surface area is 118 Å². The minimum absolute atomic E-state index is 0.0834. The molecule has 0 bridgehead atoms. The molecule has 0 unspecified atom stereocenters. The van der Waals surface area contributed by atoms with E-state index in [1.165, 1.54) is 13.0 Å². The van der Waals surface area contributed by atoms with Crippen LogP contribution in [-0.4, -0.2) is 27.2 Å². The SMILES string of the molecule is CCOC1CC(NS(=O)(=O)c2cc(N)cc(C)c2F)C1. The van der Waals surface area contributed by atoms with Crippen LogP contribution in [0.2, 0.25) is 0 Å². The Morgan fingerprint density at radius 1 is 1.45 bits per heavy atom. The molecule has 0 heterocycles. The van der Waals surface area contributed by atoms with E-state index in [9.17, 15) is 12.8 Å². The first-order valence-electron chi connectivity index (χ1n) is 6.53. The fraction of sp³-hybridized carbons (Fsp3) is 0.538. The average molecular weight is 302 g/mol. The Morgan fingerprint density at radius 2 is 2.10 bits per heavy atom. The number of nitrogens with two attached hydrogens (primary N) is 1. The summed E-state index contributed by atoms with van der Waals surface area (Å²) in [7, 11) is -3.89. The van der Waals surface area contributed by atoms with Crippen molar-refractivity contribution in [3.8, 4) is 0 Å². The lowest BCUT2D eigenvalue weighted by Crippen LogP contribution is -2.47.